The van der Waals surface area contributed by atoms with Crippen molar-refractivity contribution >= 4 is 0 Å². The second-order valence-electron chi connectivity index (χ2n) is 3.67. The minimum absolute atomic E-state index is 0.238. The van der Waals surface area contributed by atoms with Gasteiger partial charge in [0.15, 0.2) is 5.82 Å². The van der Waals surface area contributed by atoms with Gasteiger partial charge in [0, 0.05) is 19.2 Å². The van der Waals surface area contributed by atoms with Crippen molar-refractivity contribution in [3.63, 3.8) is 0 Å². The van der Waals surface area contributed by atoms with Gasteiger partial charge in [-0.3, -0.25) is 4.68 Å². The summed E-state index contributed by atoms with van der Waals surface area (Å²) in [4.78, 5) is 4.01. The van der Waals surface area contributed by atoms with Crippen molar-refractivity contribution in [1.82, 2.24) is 20.1 Å². The molecule has 0 radical (unpaired) electrons. The highest BCUT2D eigenvalue weighted by Crippen LogP contribution is 2.09. The van der Waals surface area contributed by atoms with Crippen molar-refractivity contribution in [2.24, 2.45) is 7.05 Å². The molecule has 0 atom stereocenters. The van der Waals surface area contributed by atoms with E-state index in [-0.39, 0.29) is 6.54 Å². The Bertz CT molecular complexity index is 510. The first-order valence-electron chi connectivity index (χ1n) is 5.14. The Balaban J connectivity index is 1.91. The Morgan fingerprint density at radius 1 is 1.29 bits per heavy atom. The fourth-order valence-corrected chi connectivity index (χ4v) is 1.45. The van der Waals surface area contributed by atoms with E-state index in [2.05, 4.69) is 15.4 Å². The van der Waals surface area contributed by atoms with Crippen LogP contribution in [0.15, 0.2) is 24.5 Å². The van der Waals surface area contributed by atoms with Gasteiger partial charge in [0.1, 0.15) is 18.0 Å². The average Bonchev–Trinajstić information content (AvgIpc) is 2.69. The van der Waals surface area contributed by atoms with Crippen LogP contribution in [-0.2, 0) is 20.1 Å². The molecule has 2 rings (SSSR count). The Hall–Kier alpha value is -1.82. The van der Waals surface area contributed by atoms with Crippen LogP contribution in [0.25, 0.3) is 0 Å². The normalized spacial score (nSPS) is 10.8. The molecule has 2 aromatic rings. The van der Waals surface area contributed by atoms with Crippen LogP contribution in [0.3, 0.4) is 0 Å². The molecule has 1 heterocycles. The molecular weight excluding hydrogens is 226 g/mol. The lowest BCUT2D eigenvalue weighted by Crippen LogP contribution is -2.15. The Labute approximate surface area is 97.3 Å². The maximum absolute atomic E-state index is 13.3. The molecule has 0 unspecified atom stereocenters. The van der Waals surface area contributed by atoms with Crippen molar-refractivity contribution in [2.45, 2.75) is 13.1 Å². The molecule has 0 aliphatic heterocycles. The third kappa shape index (κ3) is 3.07. The average molecular weight is 238 g/mol. The zero-order valence-electron chi connectivity index (χ0n) is 9.32. The number of rotatable bonds is 4. The monoisotopic (exact) mass is 238 g/mol. The molecule has 1 aromatic carbocycles. The van der Waals surface area contributed by atoms with Gasteiger partial charge in [0.2, 0.25) is 0 Å². The third-order valence-electron chi connectivity index (χ3n) is 2.25. The Morgan fingerprint density at radius 3 is 2.82 bits per heavy atom. The van der Waals surface area contributed by atoms with E-state index >= 15 is 0 Å². The molecule has 6 heteroatoms. The van der Waals surface area contributed by atoms with E-state index < -0.39 is 11.6 Å². The number of aromatic nitrogens is 3. The highest BCUT2D eigenvalue weighted by Gasteiger charge is 2.04. The van der Waals surface area contributed by atoms with Crippen LogP contribution in [0.4, 0.5) is 8.78 Å². The largest absolute Gasteiger partial charge is 0.306 e. The van der Waals surface area contributed by atoms with Gasteiger partial charge < -0.3 is 5.32 Å². The minimum atomic E-state index is -0.445. The highest BCUT2D eigenvalue weighted by atomic mass is 19.1. The Morgan fingerprint density at radius 2 is 2.12 bits per heavy atom. The van der Waals surface area contributed by atoms with E-state index in [1.54, 1.807) is 18.1 Å². The molecule has 0 amide bonds. The van der Waals surface area contributed by atoms with E-state index in [1.165, 1.54) is 6.07 Å². The number of nitrogens with one attached hydrogen (secondary N) is 1. The molecule has 4 nitrogen and oxygen atoms in total. The van der Waals surface area contributed by atoms with Gasteiger partial charge in [-0.15, -0.1) is 0 Å². The lowest BCUT2D eigenvalue weighted by Gasteiger charge is -2.04. The molecule has 0 bridgehead atoms. The van der Waals surface area contributed by atoms with Crippen molar-refractivity contribution in [3.8, 4) is 0 Å². The number of halogens is 2. The molecule has 0 aliphatic carbocycles. The van der Waals surface area contributed by atoms with Gasteiger partial charge in [0.25, 0.3) is 0 Å². The fourth-order valence-electron chi connectivity index (χ4n) is 1.45. The maximum atomic E-state index is 13.3. The SMILES string of the molecule is Cn1cnc(CNCc2cc(F)ccc2F)n1. The second-order valence-corrected chi connectivity index (χ2v) is 3.67. The molecule has 90 valence electrons. The van der Waals surface area contributed by atoms with Gasteiger partial charge in [-0.1, -0.05) is 0 Å². The summed E-state index contributed by atoms with van der Waals surface area (Å²) >= 11 is 0. The number of benzene rings is 1. The standard InChI is InChI=1S/C11H12F2N4/c1-17-7-15-11(16-17)6-14-5-8-4-9(12)2-3-10(8)13/h2-4,7,14H,5-6H2,1H3. The third-order valence-corrected chi connectivity index (χ3v) is 2.25. The first kappa shape index (κ1) is 11.7. The predicted octanol–water partition coefficient (Wildman–Crippen LogP) is 1.38. The molecule has 17 heavy (non-hydrogen) atoms. The van der Waals surface area contributed by atoms with Crippen LogP contribution in [0.2, 0.25) is 0 Å². The summed E-state index contributed by atoms with van der Waals surface area (Å²) in [6, 6.07) is 3.39. The van der Waals surface area contributed by atoms with Crippen molar-refractivity contribution in [1.29, 1.82) is 0 Å². The summed E-state index contributed by atoms with van der Waals surface area (Å²) < 4.78 is 27.7. The van der Waals surface area contributed by atoms with Crippen LogP contribution in [0.5, 0.6) is 0 Å². The van der Waals surface area contributed by atoms with E-state index in [0.29, 0.717) is 17.9 Å². The van der Waals surface area contributed by atoms with E-state index in [0.717, 1.165) is 12.1 Å². The minimum Gasteiger partial charge on any atom is -0.306 e. The van der Waals surface area contributed by atoms with Crippen molar-refractivity contribution in [3.05, 3.63) is 47.5 Å². The number of hydrogen-bond donors (Lipinski definition) is 1. The van der Waals surface area contributed by atoms with Gasteiger partial charge in [0.05, 0.1) is 6.54 Å². The molecule has 0 saturated heterocycles. The first-order valence-corrected chi connectivity index (χ1v) is 5.14. The van der Waals surface area contributed by atoms with Crippen LogP contribution in [0, 0.1) is 11.6 Å². The molecule has 0 saturated carbocycles. The molecule has 0 fully saturated rings. The first-order chi connectivity index (χ1) is 8.15. The molecule has 0 aliphatic rings. The van der Waals surface area contributed by atoms with E-state index in [4.69, 9.17) is 0 Å². The van der Waals surface area contributed by atoms with Gasteiger partial charge >= 0.3 is 0 Å². The van der Waals surface area contributed by atoms with Gasteiger partial charge in [-0.05, 0) is 18.2 Å². The summed E-state index contributed by atoms with van der Waals surface area (Å²) in [5.74, 6) is -0.253. The molecule has 1 aromatic heterocycles. The van der Waals surface area contributed by atoms with Gasteiger partial charge in [-0.25, -0.2) is 13.8 Å². The maximum Gasteiger partial charge on any atom is 0.164 e. The van der Waals surface area contributed by atoms with Crippen LogP contribution in [0.1, 0.15) is 11.4 Å². The summed E-state index contributed by atoms with van der Waals surface area (Å²) in [7, 11) is 1.77. The van der Waals surface area contributed by atoms with Crippen LogP contribution < -0.4 is 5.32 Å². The zero-order valence-corrected chi connectivity index (χ0v) is 9.32. The Kier molecular flexibility index (Phi) is 3.43. The smallest absolute Gasteiger partial charge is 0.164 e. The topological polar surface area (TPSA) is 42.7 Å². The number of hydrogen-bond acceptors (Lipinski definition) is 3. The van der Waals surface area contributed by atoms with Crippen molar-refractivity contribution < 1.29 is 8.78 Å². The lowest BCUT2D eigenvalue weighted by atomic mass is 10.2. The number of aryl methyl sites for hydroxylation is 1. The highest BCUT2D eigenvalue weighted by molar-refractivity contribution is 5.18. The van der Waals surface area contributed by atoms with Crippen LogP contribution in [-0.4, -0.2) is 14.8 Å². The lowest BCUT2D eigenvalue weighted by molar-refractivity contribution is 0.564. The second kappa shape index (κ2) is 5.01. The van der Waals surface area contributed by atoms with E-state index in [9.17, 15) is 8.78 Å². The quantitative estimate of drug-likeness (QED) is 0.875. The predicted molar refractivity (Wildman–Crippen MR) is 57.9 cm³/mol. The fraction of sp³-hybridized carbons (Fsp3) is 0.273. The molecular formula is C11H12F2N4. The summed E-state index contributed by atoms with van der Waals surface area (Å²) in [6.45, 7) is 0.651. The summed E-state index contributed by atoms with van der Waals surface area (Å²) in [6.07, 6.45) is 1.58. The van der Waals surface area contributed by atoms with Crippen LogP contribution >= 0.6 is 0 Å². The number of nitrogens with zero attached hydrogens (tertiary/aromatic N) is 3. The summed E-state index contributed by atoms with van der Waals surface area (Å²) in [5, 5.41) is 7.01. The van der Waals surface area contributed by atoms with E-state index in [1.807, 2.05) is 0 Å². The molecule has 1 N–H and O–H groups in total. The van der Waals surface area contributed by atoms with Gasteiger partial charge in [-0.2, -0.15) is 5.10 Å². The van der Waals surface area contributed by atoms with Crippen molar-refractivity contribution in [2.75, 3.05) is 0 Å². The molecule has 0 spiro atoms. The zero-order chi connectivity index (χ0) is 12.3. The summed E-state index contributed by atoms with van der Waals surface area (Å²) in [5.41, 5.74) is 0.293.